The van der Waals surface area contributed by atoms with Crippen LogP contribution in [0.5, 0.6) is 5.75 Å². The highest BCUT2D eigenvalue weighted by Gasteiger charge is 2.44. The van der Waals surface area contributed by atoms with Crippen molar-refractivity contribution in [3.63, 3.8) is 0 Å². The SMILES string of the molecule is O=C(NC1CC2(CCN(CC3CC3)CC2)Oc2ccccc21)c1cnccn1.O=C(O)C(F)(F)F. The third kappa shape index (κ3) is 6.47. The van der Waals surface area contributed by atoms with E-state index in [0.717, 1.165) is 49.6 Å². The molecule has 0 radical (unpaired) electrons. The first-order valence-corrected chi connectivity index (χ1v) is 11.5. The van der Waals surface area contributed by atoms with Crippen molar-refractivity contribution in [3.8, 4) is 5.75 Å². The highest BCUT2D eigenvalue weighted by Crippen LogP contribution is 2.44. The maximum atomic E-state index is 12.7. The molecule has 2 aliphatic heterocycles. The summed E-state index contributed by atoms with van der Waals surface area (Å²) in [6.07, 6.45) is 5.13. The van der Waals surface area contributed by atoms with E-state index in [1.54, 1.807) is 12.4 Å². The number of nitrogens with one attached hydrogen (secondary N) is 1. The number of para-hydroxylation sites is 1. The van der Waals surface area contributed by atoms with Gasteiger partial charge in [0.2, 0.25) is 0 Å². The summed E-state index contributed by atoms with van der Waals surface area (Å²) >= 11 is 0. The third-order valence-corrected chi connectivity index (χ3v) is 6.52. The van der Waals surface area contributed by atoms with Crippen LogP contribution in [0, 0.1) is 5.92 Å². The lowest BCUT2D eigenvalue weighted by molar-refractivity contribution is -0.192. The Morgan fingerprint density at radius 1 is 1.17 bits per heavy atom. The molecule has 8 nitrogen and oxygen atoms in total. The molecule has 1 unspecified atom stereocenters. The van der Waals surface area contributed by atoms with Crippen molar-refractivity contribution in [2.24, 2.45) is 5.92 Å². The van der Waals surface area contributed by atoms with Gasteiger partial charge in [0.15, 0.2) is 0 Å². The number of alkyl halides is 3. The fraction of sp³-hybridized carbons (Fsp3) is 0.500. The quantitative estimate of drug-likeness (QED) is 0.672. The Morgan fingerprint density at radius 3 is 2.46 bits per heavy atom. The van der Waals surface area contributed by atoms with E-state index >= 15 is 0 Å². The predicted octanol–water partition coefficient (Wildman–Crippen LogP) is 3.61. The van der Waals surface area contributed by atoms with Crippen LogP contribution in [0.3, 0.4) is 0 Å². The Balaban J connectivity index is 0.000000364. The summed E-state index contributed by atoms with van der Waals surface area (Å²) in [6, 6.07) is 8.00. The Kier molecular flexibility index (Phi) is 7.25. The molecule has 1 saturated carbocycles. The second-order valence-corrected chi connectivity index (χ2v) is 9.19. The topological polar surface area (TPSA) is 105 Å². The molecule has 3 heterocycles. The van der Waals surface area contributed by atoms with Crippen molar-refractivity contribution < 1.29 is 32.6 Å². The van der Waals surface area contributed by atoms with Crippen LogP contribution in [0.1, 0.15) is 54.2 Å². The molecule has 0 bridgehead atoms. The number of hydrogen-bond donors (Lipinski definition) is 2. The molecule has 1 aromatic carbocycles. The second kappa shape index (κ2) is 10.2. The first-order chi connectivity index (χ1) is 16.7. The number of rotatable bonds is 4. The minimum absolute atomic E-state index is 0.0746. The fourth-order valence-corrected chi connectivity index (χ4v) is 4.51. The van der Waals surface area contributed by atoms with Gasteiger partial charge in [0, 0.05) is 44.0 Å². The summed E-state index contributed by atoms with van der Waals surface area (Å²) < 4.78 is 38.3. The molecule has 1 spiro atoms. The largest absolute Gasteiger partial charge is 0.490 e. The number of carbonyl (C=O) groups is 2. The summed E-state index contributed by atoms with van der Waals surface area (Å²) in [5.74, 6) is -1.13. The van der Waals surface area contributed by atoms with Crippen molar-refractivity contribution in [1.29, 1.82) is 0 Å². The van der Waals surface area contributed by atoms with Gasteiger partial charge < -0.3 is 20.1 Å². The van der Waals surface area contributed by atoms with Gasteiger partial charge >= 0.3 is 12.1 Å². The average molecular weight is 492 g/mol. The highest BCUT2D eigenvalue weighted by atomic mass is 19.4. The van der Waals surface area contributed by atoms with Gasteiger partial charge in [-0.15, -0.1) is 0 Å². The molecule has 1 atom stereocenters. The number of fused-ring (bicyclic) bond motifs is 1. The molecule has 1 aliphatic carbocycles. The van der Waals surface area contributed by atoms with E-state index < -0.39 is 12.1 Å². The van der Waals surface area contributed by atoms with Crippen molar-refractivity contribution >= 4 is 11.9 Å². The lowest BCUT2D eigenvalue weighted by Crippen LogP contribution is -2.52. The summed E-state index contributed by atoms with van der Waals surface area (Å²) in [5.41, 5.74) is 1.19. The zero-order valence-corrected chi connectivity index (χ0v) is 19.0. The number of aliphatic carboxylic acids is 1. The Morgan fingerprint density at radius 2 is 1.86 bits per heavy atom. The Labute approximate surface area is 200 Å². The Hall–Kier alpha value is -3.21. The molecular formula is C24H27F3N4O4. The minimum atomic E-state index is -5.08. The van der Waals surface area contributed by atoms with Crippen LogP contribution in [0.4, 0.5) is 13.2 Å². The predicted molar refractivity (Wildman–Crippen MR) is 119 cm³/mol. The third-order valence-electron chi connectivity index (χ3n) is 6.52. The van der Waals surface area contributed by atoms with E-state index in [1.807, 2.05) is 24.3 Å². The maximum absolute atomic E-state index is 12.7. The van der Waals surface area contributed by atoms with Crippen LogP contribution in [-0.2, 0) is 4.79 Å². The normalized spacial score (nSPS) is 21.2. The van der Waals surface area contributed by atoms with Gasteiger partial charge in [-0.1, -0.05) is 18.2 Å². The van der Waals surface area contributed by atoms with E-state index in [0.29, 0.717) is 5.69 Å². The molecule has 3 aliphatic rings. The molecule has 188 valence electrons. The summed E-state index contributed by atoms with van der Waals surface area (Å²) in [5, 5.41) is 10.3. The van der Waals surface area contributed by atoms with Gasteiger partial charge in [0.1, 0.15) is 17.0 Å². The van der Waals surface area contributed by atoms with Crippen LogP contribution in [0.2, 0.25) is 0 Å². The van der Waals surface area contributed by atoms with Crippen LogP contribution in [0.25, 0.3) is 0 Å². The fourth-order valence-electron chi connectivity index (χ4n) is 4.51. The molecule has 1 aromatic heterocycles. The highest BCUT2D eigenvalue weighted by molar-refractivity contribution is 5.92. The zero-order valence-electron chi connectivity index (χ0n) is 19.0. The zero-order chi connectivity index (χ0) is 25.1. The number of hydrogen-bond acceptors (Lipinski definition) is 6. The number of benzene rings is 1. The van der Waals surface area contributed by atoms with Crippen molar-refractivity contribution in [2.45, 2.75) is 49.9 Å². The second-order valence-electron chi connectivity index (χ2n) is 9.19. The molecule has 35 heavy (non-hydrogen) atoms. The smallest absolute Gasteiger partial charge is 0.487 e. The van der Waals surface area contributed by atoms with Crippen LogP contribution in [-0.4, -0.2) is 63.3 Å². The van der Waals surface area contributed by atoms with Gasteiger partial charge in [-0.2, -0.15) is 13.2 Å². The van der Waals surface area contributed by atoms with Crippen LogP contribution >= 0.6 is 0 Å². The first kappa shape index (κ1) is 24.9. The van der Waals surface area contributed by atoms with E-state index in [-0.39, 0.29) is 17.6 Å². The van der Waals surface area contributed by atoms with E-state index in [2.05, 4.69) is 20.2 Å². The summed E-state index contributed by atoms with van der Waals surface area (Å²) in [7, 11) is 0. The molecular weight excluding hydrogens is 465 g/mol. The van der Waals surface area contributed by atoms with E-state index in [4.69, 9.17) is 14.6 Å². The van der Waals surface area contributed by atoms with Gasteiger partial charge in [-0.25, -0.2) is 9.78 Å². The number of aromatic nitrogens is 2. The lowest BCUT2D eigenvalue weighted by atomic mass is 9.80. The number of amides is 1. The maximum Gasteiger partial charge on any atom is 0.490 e. The molecule has 1 saturated heterocycles. The number of halogens is 3. The average Bonchev–Trinajstić information content (AvgIpc) is 3.65. The lowest BCUT2D eigenvalue weighted by Gasteiger charge is -2.47. The number of carboxylic acid groups (broad SMARTS) is 1. The van der Waals surface area contributed by atoms with Crippen molar-refractivity contribution in [1.82, 2.24) is 20.2 Å². The monoisotopic (exact) mass is 492 g/mol. The van der Waals surface area contributed by atoms with E-state index in [1.165, 1.54) is 25.6 Å². The molecule has 2 fully saturated rings. The first-order valence-electron chi connectivity index (χ1n) is 11.5. The molecule has 11 heteroatoms. The van der Waals surface area contributed by atoms with Gasteiger partial charge in [0.05, 0.1) is 12.2 Å². The standard InChI is InChI=1S/C22H26N4O2.C2HF3O2/c27-21(19-14-23-9-10-24-19)25-18-13-22(28-20-4-2-1-3-17(18)20)7-11-26(12-8-22)15-16-5-6-16;3-2(4,5)1(6)7/h1-4,9-10,14,16,18H,5-8,11-13,15H2,(H,25,27);(H,6,7). The number of likely N-dealkylation sites (tertiary alicyclic amines) is 1. The number of ether oxygens (including phenoxy) is 1. The van der Waals surface area contributed by atoms with Gasteiger partial charge in [0.25, 0.3) is 5.91 Å². The number of piperidine rings is 1. The summed E-state index contributed by atoms with van der Waals surface area (Å²) in [6.45, 7) is 3.38. The molecule has 2 N–H and O–H groups in total. The molecule has 5 rings (SSSR count). The van der Waals surface area contributed by atoms with E-state index in [9.17, 15) is 18.0 Å². The number of carbonyl (C=O) groups excluding carboxylic acids is 1. The van der Waals surface area contributed by atoms with Crippen LogP contribution in [0.15, 0.2) is 42.9 Å². The van der Waals surface area contributed by atoms with Crippen molar-refractivity contribution in [2.75, 3.05) is 19.6 Å². The van der Waals surface area contributed by atoms with Crippen molar-refractivity contribution in [3.05, 3.63) is 54.1 Å². The minimum Gasteiger partial charge on any atom is -0.487 e. The van der Waals surface area contributed by atoms with Gasteiger partial charge in [-0.3, -0.25) is 9.78 Å². The number of nitrogens with zero attached hydrogens (tertiary/aromatic N) is 3. The van der Waals surface area contributed by atoms with Gasteiger partial charge in [-0.05, 0) is 37.7 Å². The number of carboxylic acids is 1. The van der Waals surface area contributed by atoms with Crippen LogP contribution < -0.4 is 10.1 Å². The Bertz CT molecular complexity index is 1040. The summed E-state index contributed by atoms with van der Waals surface area (Å²) in [4.78, 5) is 32.3. The molecule has 2 aromatic rings. The molecule has 1 amide bonds.